The molecule has 0 aliphatic carbocycles. The summed E-state index contributed by atoms with van der Waals surface area (Å²) in [4.78, 5) is 10.5. The molecule has 0 radical (unpaired) electrons. The molecule has 21 heavy (non-hydrogen) atoms. The van der Waals surface area contributed by atoms with Gasteiger partial charge in [-0.2, -0.15) is 0 Å². The molecule has 1 aromatic heterocycles. The largest absolute Gasteiger partial charge is 0.424 e. The van der Waals surface area contributed by atoms with Crippen molar-refractivity contribution in [3.05, 3.63) is 42.2 Å². The lowest BCUT2D eigenvalue weighted by molar-refractivity contribution is 0.440. The highest BCUT2D eigenvalue weighted by atomic mass is 16.5. The summed E-state index contributed by atoms with van der Waals surface area (Å²) in [5, 5.41) is 0. The molecule has 1 unspecified atom stereocenters. The van der Waals surface area contributed by atoms with Gasteiger partial charge in [0.25, 0.3) is 0 Å². The molecule has 0 aliphatic heterocycles. The fourth-order valence-corrected chi connectivity index (χ4v) is 1.88. The minimum absolute atomic E-state index is 0.150. The van der Waals surface area contributed by atoms with Crippen molar-refractivity contribution in [2.75, 3.05) is 19.0 Å². The van der Waals surface area contributed by atoms with Crippen LogP contribution >= 0.6 is 0 Å². The number of ether oxygens (including phenoxy) is 1. The summed E-state index contributed by atoms with van der Waals surface area (Å²) in [7, 11) is 3.97. The van der Waals surface area contributed by atoms with Gasteiger partial charge in [0.15, 0.2) is 0 Å². The van der Waals surface area contributed by atoms with Crippen LogP contribution in [0, 0.1) is 0 Å². The predicted molar refractivity (Wildman–Crippen MR) is 84.8 cm³/mol. The van der Waals surface area contributed by atoms with Crippen LogP contribution in [0.1, 0.15) is 18.9 Å². The van der Waals surface area contributed by atoms with Crippen molar-refractivity contribution in [3.63, 3.8) is 0 Å². The van der Waals surface area contributed by atoms with Gasteiger partial charge < -0.3 is 15.4 Å². The van der Waals surface area contributed by atoms with Gasteiger partial charge in [-0.1, -0.05) is 13.0 Å². The summed E-state index contributed by atoms with van der Waals surface area (Å²) in [6.07, 6.45) is 5.27. The SMILES string of the molecule is CCC(N)Cc1cnc(Oc2cccc(N(C)C)c2)nc1. The minimum Gasteiger partial charge on any atom is -0.424 e. The van der Waals surface area contributed by atoms with Gasteiger partial charge in [0.05, 0.1) is 0 Å². The van der Waals surface area contributed by atoms with E-state index in [9.17, 15) is 0 Å². The van der Waals surface area contributed by atoms with Crippen LogP contribution in [0.4, 0.5) is 5.69 Å². The van der Waals surface area contributed by atoms with E-state index < -0.39 is 0 Å². The molecule has 2 N–H and O–H groups in total. The molecule has 1 aromatic carbocycles. The Hall–Kier alpha value is -2.14. The summed E-state index contributed by atoms with van der Waals surface area (Å²) < 4.78 is 5.68. The van der Waals surface area contributed by atoms with E-state index in [1.165, 1.54) is 0 Å². The fourth-order valence-electron chi connectivity index (χ4n) is 1.88. The Morgan fingerprint density at radius 1 is 1.24 bits per heavy atom. The van der Waals surface area contributed by atoms with E-state index in [2.05, 4.69) is 16.9 Å². The predicted octanol–water partition coefficient (Wildman–Crippen LogP) is 2.61. The van der Waals surface area contributed by atoms with Gasteiger partial charge in [-0.05, 0) is 30.5 Å². The average Bonchev–Trinajstić information content (AvgIpc) is 2.49. The highest BCUT2D eigenvalue weighted by molar-refractivity contribution is 5.49. The van der Waals surface area contributed by atoms with Crippen molar-refractivity contribution in [2.24, 2.45) is 5.73 Å². The summed E-state index contributed by atoms with van der Waals surface area (Å²) in [5.74, 6) is 0.721. The minimum atomic E-state index is 0.150. The Labute approximate surface area is 125 Å². The van der Waals surface area contributed by atoms with Crippen molar-refractivity contribution < 1.29 is 4.74 Å². The number of rotatable bonds is 6. The number of hydrogen-bond donors (Lipinski definition) is 1. The lowest BCUT2D eigenvalue weighted by Gasteiger charge is -2.13. The monoisotopic (exact) mass is 286 g/mol. The maximum Gasteiger partial charge on any atom is 0.321 e. The first-order valence-corrected chi connectivity index (χ1v) is 7.10. The van der Waals surface area contributed by atoms with Crippen molar-refractivity contribution >= 4 is 5.69 Å². The Morgan fingerprint density at radius 3 is 2.57 bits per heavy atom. The molecule has 0 bridgehead atoms. The summed E-state index contributed by atoms with van der Waals surface area (Å²) >= 11 is 0. The molecule has 0 amide bonds. The summed E-state index contributed by atoms with van der Waals surface area (Å²) in [5.41, 5.74) is 8.01. The van der Waals surface area contributed by atoms with E-state index in [4.69, 9.17) is 10.5 Å². The molecule has 0 aliphatic rings. The number of aromatic nitrogens is 2. The molecule has 112 valence electrons. The first-order valence-electron chi connectivity index (χ1n) is 7.10. The van der Waals surface area contributed by atoms with Crippen LogP contribution in [-0.4, -0.2) is 30.1 Å². The van der Waals surface area contributed by atoms with Gasteiger partial charge in [-0.3, -0.25) is 0 Å². The van der Waals surface area contributed by atoms with Gasteiger partial charge in [0.1, 0.15) is 5.75 Å². The zero-order valence-corrected chi connectivity index (χ0v) is 12.8. The average molecular weight is 286 g/mol. The molecule has 0 saturated carbocycles. The molecule has 0 fully saturated rings. The molecule has 0 saturated heterocycles. The number of nitrogens with two attached hydrogens (primary N) is 1. The standard InChI is InChI=1S/C16H22N4O/c1-4-13(17)8-12-10-18-16(19-11-12)21-15-7-5-6-14(9-15)20(2)3/h5-7,9-11,13H,4,8,17H2,1-3H3. The normalized spacial score (nSPS) is 12.0. The topological polar surface area (TPSA) is 64.3 Å². The first-order chi connectivity index (χ1) is 10.1. The fraction of sp³-hybridized carbons (Fsp3) is 0.375. The molecule has 1 atom stereocenters. The summed E-state index contributed by atoms with van der Waals surface area (Å²) in [6, 6.07) is 8.29. The molecule has 2 rings (SSSR count). The maximum absolute atomic E-state index is 5.92. The highest BCUT2D eigenvalue weighted by Crippen LogP contribution is 2.22. The third kappa shape index (κ3) is 4.43. The van der Waals surface area contributed by atoms with Crippen LogP contribution in [0.25, 0.3) is 0 Å². The van der Waals surface area contributed by atoms with Crippen LogP contribution < -0.4 is 15.4 Å². The Morgan fingerprint density at radius 2 is 1.95 bits per heavy atom. The molecule has 0 spiro atoms. The van der Waals surface area contributed by atoms with E-state index in [1.807, 2.05) is 43.3 Å². The van der Waals surface area contributed by atoms with E-state index in [1.54, 1.807) is 12.4 Å². The maximum atomic E-state index is 5.92. The number of nitrogens with zero attached hydrogens (tertiary/aromatic N) is 3. The smallest absolute Gasteiger partial charge is 0.321 e. The molecule has 1 heterocycles. The highest BCUT2D eigenvalue weighted by Gasteiger charge is 2.05. The molecule has 5 heteroatoms. The van der Waals surface area contributed by atoms with E-state index in [0.29, 0.717) is 6.01 Å². The number of anilines is 1. The second-order valence-electron chi connectivity index (χ2n) is 5.24. The van der Waals surface area contributed by atoms with E-state index in [0.717, 1.165) is 29.8 Å². The second-order valence-corrected chi connectivity index (χ2v) is 5.24. The van der Waals surface area contributed by atoms with Crippen molar-refractivity contribution in [1.82, 2.24) is 9.97 Å². The molecular weight excluding hydrogens is 264 g/mol. The Kier molecular flexibility index (Phi) is 5.11. The number of benzene rings is 1. The van der Waals surface area contributed by atoms with Crippen LogP contribution in [0.2, 0.25) is 0 Å². The lowest BCUT2D eigenvalue weighted by atomic mass is 10.1. The van der Waals surface area contributed by atoms with Crippen molar-refractivity contribution in [3.8, 4) is 11.8 Å². The van der Waals surface area contributed by atoms with Gasteiger partial charge >= 0.3 is 6.01 Å². The van der Waals surface area contributed by atoms with Crippen molar-refractivity contribution in [2.45, 2.75) is 25.8 Å². The third-order valence-electron chi connectivity index (χ3n) is 3.25. The second kappa shape index (κ2) is 7.04. The zero-order valence-electron chi connectivity index (χ0n) is 12.8. The van der Waals surface area contributed by atoms with Gasteiger partial charge in [0, 0.05) is 44.3 Å². The van der Waals surface area contributed by atoms with E-state index in [-0.39, 0.29) is 6.04 Å². The van der Waals surface area contributed by atoms with Crippen LogP contribution in [-0.2, 0) is 6.42 Å². The Balaban J connectivity index is 2.04. The Bertz CT molecular complexity index is 569. The van der Waals surface area contributed by atoms with Crippen LogP contribution in [0.3, 0.4) is 0 Å². The lowest BCUT2D eigenvalue weighted by Crippen LogP contribution is -2.21. The van der Waals surface area contributed by atoms with Crippen LogP contribution in [0.5, 0.6) is 11.8 Å². The van der Waals surface area contributed by atoms with Crippen LogP contribution in [0.15, 0.2) is 36.7 Å². The summed E-state index contributed by atoms with van der Waals surface area (Å²) in [6.45, 7) is 2.07. The zero-order chi connectivity index (χ0) is 15.2. The van der Waals surface area contributed by atoms with Gasteiger partial charge in [-0.25, -0.2) is 9.97 Å². The van der Waals surface area contributed by atoms with Gasteiger partial charge in [0.2, 0.25) is 0 Å². The first kappa shape index (κ1) is 15.3. The van der Waals surface area contributed by atoms with Gasteiger partial charge in [-0.15, -0.1) is 0 Å². The quantitative estimate of drug-likeness (QED) is 0.884. The molecular formula is C16H22N4O. The molecule has 2 aromatic rings. The van der Waals surface area contributed by atoms with Crippen molar-refractivity contribution in [1.29, 1.82) is 0 Å². The third-order valence-corrected chi connectivity index (χ3v) is 3.25. The number of hydrogen-bond acceptors (Lipinski definition) is 5. The molecule has 5 nitrogen and oxygen atoms in total. The van der Waals surface area contributed by atoms with E-state index >= 15 is 0 Å².